The van der Waals surface area contributed by atoms with Crippen molar-refractivity contribution in [3.8, 4) is 0 Å². The zero-order chi connectivity index (χ0) is 28.9. The molecule has 212 valence electrons. The normalized spacial score (nSPS) is 14.5. The maximum atomic E-state index is 14.1. The molecule has 0 heterocycles. The maximum absolute atomic E-state index is 14.1. The van der Waals surface area contributed by atoms with Crippen molar-refractivity contribution >= 4 is 39.1 Å². The minimum atomic E-state index is -4.14. The number of carbonyl (C=O) groups is 2. The van der Waals surface area contributed by atoms with Crippen molar-refractivity contribution in [2.24, 2.45) is 0 Å². The summed E-state index contributed by atoms with van der Waals surface area (Å²) in [4.78, 5) is 28.9. The minimum absolute atomic E-state index is 0.0189. The van der Waals surface area contributed by atoms with Gasteiger partial charge in [0.05, 0.1) is 10.6 Å². The van der Waals surface area contributed by atoms with Gasteiger partial charge in [-0.25, -0.2) is 8.42 Å². The maximum Gasteiger partial charge on any atom is 0.264 e. The van der Waals surface area contributed by atoms with Crippen LogP contribution in [-0.2, 0) is 26.2 Å². The van der Waals surface area contributed by atoms with Gasteiger partial charge in [-0.15, -0.1) is 0 Å². The number of hydrogen-bond donors (Lipinski definition) is 1. The van der Waals surface area contributed by atoms with Gasteiger partial charge in [-0.1, -0.05) is 66.9 Å². The summed E-state index contributed by atoms with van der Waals surface area (Å²) >= 11 is 6.02. The highest BCUT2D eigenvalue weighted by Gasteiger charge is 2.34. The molecule has 3 aromatic rings. The molecule has 0 aliphatic heterocycles. The van der Waals surface area contributed by atoms with E-state index < -0.39 is 28.5 Å². The van der Waals surface area contributed by atoms with E-state index in [2.05, 4.69) is 5.32 Å². The summed E-state index contributed by atoms with van der Waals surface area (Å²) in [6.07, 6.45) is 3.98. The van der Waals surface area contributed by atoms with Gasteiger partial charge in [0.1, 0.15) is 12.6 Å². The van der Waals surface area contributed by atoms with Crippen molar-refractivity contribution in [3.05, 3.63) is 94.5 Å². The molecule has 0 radical (unpaired) electrons. The van der Waals surface area contributed by atoms with Crippen LogP contribution in [0.25, 0.3) is 0 Å². The highest BCUT2D eigenvalue weighted by Crippen LogP contribution is 2.28. The first kappa shape index (κ1) is 29.6. The van der Waals surface area contributed by atoms with Crippen LogP contribution < -0.4 is 9.62 Å². The third-order valence-corrected chi connectivity index (χ3v) is 9.56. The van der Waals surface area contributed by atoms with Gasteiger partial charge >= 0.3 is 0 Å². The Kier molecular flexibility index (Phi) is 9.53. The number of carbonyl (C=O) groups excluding carboxylic acids is 2. The molecule has 2 amide bonds. The van der Waals surface area contributed by atoms with Gasteiger partial charge in [0, 0.05) is 17.6 Å². The summed E-state index contributed by atoms with van der Waals surface area (Å²) in [6, 6.07) is 19.9. The van der Waals surface area contributed by atoms with Crippen molar-refractivity contribution in [1.82, 2.24) is 10.2 Å². The molecule has 1 atom stereocenters. The molecular weight excluding hydrogens is 546 g/mol. The van der Waals surface area contributed by atoms with Gasteiger partial charge in [0.2, 0.25) is 11.8 Å². The monoisotopic (exact) mass is 581 g/mol. The third kappa shape index (κ3) is 6.85. The largest absolute Gasteiger partial charge is 0.352 e. The lowest BCUT2D eigenvalue weighted by molar-refractivity contribution is -0.139. The van der Waals surface area contributed by atoms with E-state index >= 15 is 0 Å². The van der Waals surface area contributed by atoms with Gasteiger partial charge in [-0.2, -0.15) is 0 Å². The Morgan fingerprint density at radius 2 is 1.52 bits per heavy atom. The Balaban J connectivity index is 1.70. The first-order valence-electron chi connectivity index (χ1n) is 13.6. The molecule has 1 aliphatic rings. The molecule has 1 N–H and O–H groups in total. The topological polar surface area (TPSA) is 86.8 Å². The average Bonchev–Trinajstić information content (AvgIpc) is 3.44. The summed E-state index contributed by atoms with van der Waals surface area (Å²) in [5, 5.41) is 3.50. The Bertz CT molecular complexity index is 1450. The van der Waals surface area contributed by atoms with Crippen LogP contribution in [0.1, 0.15) is 49.3 Å². The number of sulfonamides is 1. The third-order valence-electron chi connectivity index (χ3n) is 7.54. The zero-order valence-electron chi connectivity index (χ0n) is 23.1. The molecule has 4 rings (SSSR count). The number of halogens is 1. The molecule has 7 nitrogen and oxygen atoms in total. The fourth-order valence-electron chi connectivity index (χ4n) is 5.04. The Morgan fingerprint density at radius 1 is 0.925 bits per heavy atom. The molecule has 0 unspecified atom stereocenters. The first-order valence-corrected chi connectivity index (χ1v) is 15.4. The van der Waals surface area contributed by atoms with Crippen LogP contribution in [-0.4, -0.2) is 43.8 Å². The molecule has 1 aliphatic carbocycles. The molecule has 40 heavy (non-hydrogen) atoms. The molecule has 1 fully saturated rings. The quantitative estimate of drug-likeness (QED) is 0.336. The molecule has 0 spiro atoms. The van der Waals surface area contributed by atoms with Crippen molar-refractivity contribution < 1.29 is 18.0 Å². The van der Waals surface area contributed by atoms with E-state index in [1.165, 1.54) is 29.2 Å². The van der Waals surface area contributed by atoms with E-state index in [-0.39, 0.29) is 23.4 Å². The Hall–Kier alpha value is -3.36. The first-order chi connectivity index (χ1) is 19.1. The Labute approximate surface area is 242 Å². The van der Waals surface area contributed by atoms with Gasteiger partial charge in [-0.3, -0.25) is 13.9 Å². The van der Waals surface area contributed by atoms with Crippen molar-refractivity contribution in [3.63, 3.8) is 0 Å². The van der Waals surface area contributed by atoms with Crippen LogP contribution in [0.15, 0.2) is 77.7 Å². The second-order valence-electron chi connectivity index (χ2n) is 10.4. The number of nitrogens with one attached hydrogen (secondary N) is 1. The molecule has 0 bridgehead atoms. The summed E-state index contributed by atoms with van der Waals surface area (Å²) in [6.45, 7) is 5.15. The van der Waals surface area contributed by atoms with E-state index in [1.807, 2.05) is 37.3 Å². The average molecular weight is 582 g/mol. The lowest BCUT2D eigenvalue weighted by Crippen LogP contribution is -2.52. The predicted octanol–water partition coefficient (Wildman–Crippen LogP) is 5.63. The summed E-state index contributed by atoms with van der Waals surface area (Å²) in [5.41, 5.74) is 2.96. The molecule has 0 saturated heterocycles. The standard InChI is InChI=1S/C31H36ClN3O4S/c1-22-10-4-6-12-25(22)20-34(24(3)31(37)33-27-13-7-8-14-27)30(36)21-35(29-15-9-5-11-23(29)2)40(38,39)28-18-16-26(32)17-19-28/h4-6,9-12,15-19,24,27H,7-8,13-14,20-21H2,1-3H3,(H,33,37)/t24-/m0/s1. The SMILES string of the molecule is Cc1ccccc1CN(C(=O)CN(c1ccccc1C)S(=O)(=O)c1ccc(Cl)cc1)[C@@H](C)C(=O)NC1CCCC1. The highest BCUT2D eigenvalue weighted by atomic mass is 35.5. The van der Waals surface area contributed by atoms with Crippen molar-refractivity contribution in [2.45, 2.75) is 70.0 Å². The minimum Gasteiger partial charge on any atom is -0.352 e. The van der Waals surface area contributed by atoms with Gasteiger partial charge in [-0.05, 0) is 80.6 Å². The van der Waals surface area contributed by atoms with Crippen LogP contribution in [0.3, 0.4) is 0 Å². The molecule has 9 heteroatoms. The predicted molar refractivity (Wildman–Crippen MR) is 159 cm³/mol. The highest BCUT2D eigenvalue weighted by molar-refractivity contribution is 7.92. The van der Waals surface area contributed by atoms with E-state index in [4.69, 9.17) is 11.6 Å². The molecule has 1 saturated carbocycles. The molecule has 3 aromatic carbocycles. The zero-order valence-corrected chi connectivity index (χ0v) is 24.7. The van der Waals surface area contributed by atoms with Crippen LogP contribution in [0.5, 0.6) is 0 Å². The summed E-state index contributed by atoms with van der Waals surface area (Å²) < 4.78 is 29.0. The lowest BCUT2D eigenvalue weighted by atomic mass is 10.1. The second kappa shape index (κ2) is 12.9. The lowest BCUT2D eigenvalue weighted by Gasteiger charge is -2.33. The number of aryl methyl sites for hydroxylation is 2. The number of anilines is 1. The fraction of sp³-hybridized carbons (Fsp3) is 0.355. The summed E-state index contributed by atoms with van der Waals surface area (Å²) in [5.74, 6) is -0.713. The van der Waals surface area contributed by atoms with Crippen LogP contribution in [0.2, 0.25) is 5.02 Å². The van der Waals surface area contributed by atoms with E-state index in [0.717, 1.165) is 41.1 Å². The summed E-state index contributed by atoms with van der Waals surface area (Å²) in [7, 11) is -4.14. The number of rotatable bonds is 10. The van der Waals surface area contributed by atoms with Gasteiger partial charge in [0.25, 0.3) is 10.0 Å². The molecular formula is C31H36ClN3O4S. The molecule has 0 aromatic heterocycles. The van der Waals surface area contributed by atoms with Gasteiger partial charge < -0.3 is 10.2 Å². The second-order valence-corrected chi connectivity index (χ2v) is 12.7. The fourth-order valence-corrected chi connectivity index (χ4v) is 6.64. The van der Waals surface area contributed by atoms with Crippen molar-refractivity contribution in [1.29, 1.82) is 0 Å². The van der Waals surface area contributed by atoms with E-state index in [9.17, 15) is 18.0 Å². The number of benzene rings is 3. The van der Waals surface area contributed by atoms with E-state index in [0.29, 0.717) is 16.3 Å². The van der Waals surface area contributed by atoms with Crippen molar-refractivity contribution in [2.75, 3.05) is 10.8 Å². The number of hydrogen-bond acceptors (Lipinski definition) is 4. The van der Waals surface area contributed by atoms with Crippen LogP contribution in [0.4, 0.5) is 5.69 Å². The van der Waals surface area contributed by atoms with E-state index in [1.54, 1.807) is 32.0 Å². The number of nitrogens with zero attached hydrogens (tertiary/aromatic N) is 2. The van der Waals surface area contributed by atoms with Gasteiger partial charge in [0.15, 0.2) is 0 Å². The van der Waals surface area contributed by atoms with Crippen LogP contribution >= 0.6 is 11.6 Å². The van der Waals surface area contributed by atoms with Crippen LogP contribution in [0, 0.1) is 13.8 Å². The number of para-hydroxylation sites is 1. The number of amides is 2. The Morgan fingerprint density at radius 3 is 2.15 bits per heavy atom. The smallest absolute Gasteiger partial charge is 0.264 e.